The summed E-state index contributed by atoms with van der Waals surface area (Å²) in [5, 5.41) is 31.4. The van der Waals surface area contributed by atoms with Crippen molar-refractivity contribution in [3.8, 4) is 0 Å². The Hall–Kier alpha value is 1.11. The zero-order valence-corrected chi connectivity index (χ0v) is 33.9. The minimum absolute atomic E-state index is 0. The third kappa shape index (κ3) is 12.6. The van der Waals surface area contributed by atoms with Gasteiger partial charge >= 0.3 is 0 Å². The van der Waals surface area contributed by atoms with E-state index in [-0.39, 0.29) is 73.3 Å². The van der Waals surface area contributed by atoms with Crippen molar-refractivity contribution in [1.82, 2.24) is 0 Å². The van der Waals surface area contributed by atoms with Gasteiger partial charge in [-0.05, 0) is 20.8 Å². The molecule has 0 aliphatic rings. The first kappa shape index (κ1) is 48.0. The molecule has 244 valence electrons. The van der Waals surface area contributed by atoms with Crippen LogP contribution in [0.5, 0.6) is 0 Å². The van der Waals surface area contributed by atoms with Crippen LogP contribution < -0.4 is 0 Å². The molecule has 0 heterocycles. The largest absolute Gasteiger partial charge is 0.365 e. The van der Waals surface area contributed by atoms with Crippen LogP contribution in [0.1, 0.15) is 145 Å². The van der Waals surface area contributed by atoms with Gasteiger partial charge in [0.1, 0.15) is 0 Å². The molecule has 0 unspecified atom stereocenters. The smallest absolute Gasteiger partial charge is 0.175 e. The summed E-state index contributed by atoms with van der Waals surface area (Å²) in [6.45, 7) is 43.2. The van der Waals surface area contributed by atoms with Gasteiger partial charge in [0.25, 0.3) is 0 Å². The Bertz CT molecular complexity index is 540. The van der Waals surface area contributed by atoms with E-state index < -0.39 is 17.4 Å². The van der Waals surface area contributed by atoms with Gasteiger partial charge in [-0.15, -0.1) is 0 Å². The molecular weight excluding hydrogens is 637 g/mol. The van der Waals surface area contributed by atoms with Crippen LogP contribution in [0.15, 0.2) is 0 Å². The minimum atomic E-state index is -1.07. The van der Waals surface area contributed by atoms with Gasteiger partial charge in [-0.25, -0.2) is 0 Å². The monoisotopic (exact) mass is 706 g/mol. The summed E-state index contributed by atoms with van der Waals surface area (Å²) in [6, 6.07) is 0. The van der Waals surface area contributed by atoms with E-state index in [0.717, 1.165) is 0 Å². The van der Waals surface area contributed by atoms with Crippen molar-refractivity contribution in [3.63, 3.8) is 0 Å². The molecule has 0 aromatic heterocycles. The second-order valence-corrected chi connectivity index (χ2v) is 16.7. The van der Waals surface area contributed by atoms with Crippen LogP contribution in [0.4, 0.5) is 0 Å². The van der Waals surface area contributed by atoms with E-state index in [2.05, 4.69) is 0 Å². The molecule has 6 nitrogen and oxygen atoms in total. The van der Waals surface area contributed by atoms with E-state index in [9.17, 15) is 15.3 Å². The summed E-state index contributed by atoms with van der Waals surface area (Å²) >= 11 is 0. The summed E-state index contributed by atoms with van der Waals surface area (Å²) in [4.78, 5) is 0. The van der Waals surface area contributed by atoms with Gasteiger partial charge < -0.3 is 29.5 Å². The third-order valence-electron chi connectivity index (χ3n) is 7.16. The molecule has 3 N–H and O–H groups in total. The van der Waals surface area contributed by atoms with Crippen LogP contribution in [0.2, 0.25) is 0 Å². The van der Waals surface area contributed by atoms with Crippen LogP contribution in [0.25, 0.3) is 0 Å². The SMILES string of the molecule is CCOC(O)(C(C)(C)C)C(C)(C)C.CCOC(O)(C(C)(C)C)C(C)(C)C.CCOC(O)(C(C)(C)C)C(C)(C)C.[Nd]. The number of ether oxygens (including phenoxy) is 3. The molecule has 0 aromatic rings. The number of rotatable bonds is 6. The molecule has 0 spiro atoms. The van der Waals surface area contributed by atoms with Crippen molar-refractivity contribution in [2.24, 2.45) is 32.5 Å². The topological polar surface area (TPSA) is 88.4 Å². The Kier molecular flexibility index (Phi) is 19.7. The van der Waals surface area contributed by atoms with E-state index in [0.29, 0.717) is 19.8 Å². The quantitative estimate of drug-likeness (QED) is 0.240. The fourth-order valence-corrected chi connectivity index (χ4v) is 5.30. The molecule has 0 saturated heterocycles. The Morgan fingerprint density at radius 3 is 0.450 bits per heavy atom. The van der Waals surface area contributed by atoms with Crippen LogP contribution in [-0.2, 0) is 14.2 Å². The fraction of sp³-hybridized carbons (Fsp3) is 1.00. The maximum absolute atomic E-state index is 10.5. The van der Waals surface area contributed by atoms with Crippen LogP contribution in [-0.4, -0.2) is 52.5 Å². The van der Waals surface area contributed by atoms with Crippen molar-refractivity contribution in [1.29, 1.82) is 0 Å². The van der Waals surface area contributed by atoms with E-state index in [1.807, 2.05) is 145 Å². The molecule has 0 amide bonds. The van der Waals surface area contributed by atoms with Gasteiger partial charge in [0.2, 0.25) is 0 Å². The molecule has 0 atom stereocenters. The van der Waals surface area contributed by atoms with Gasteiger partial charge in [0.15, 0.2) is 17.4 Å². The van der Waals surface area contributed by atoms with Crippen molar-refractivity contribution >= 4 is 0 Å². The standard InChI is InChI=1S/3C11H24O2.Nd/c3*1-8-13-11(12,9(2,3)4)10(5,6)7;/h3*12H,8H2,1-7H3;. The summed E-state index contributed by atoms with van der Waals surface area (Å²) in [5.41, 5.74) is -1.66. The fourth-order valence-electron chi connectivity index (χ4n) is 5.30. The first-order valence-electron chi connectivity index (χ1n) is 14.8. The van der Waals surface area contributed by atoms with Gasteiger partial charge in [-0.3, -0.25) is 0 Å². The van der Waals surface area contributed by atoms with E-state index >= 15 is 0 Å². The van der Waals surface area contributed by atoms with Gasteiger partial charge in [-0.1, -0.05) is 125 Å². The maximum atomic E-state index is 10.5. The first-order chi connectivity index (χ1) is 16.7. The van der Waals surface area contributed by atoms with Crippen LogP contribution >= 0.6 is 0 Å². The number of hydrogen-bond acceptors (Lipinski definition) is 6. The van der Waals surface area contributed by atoms with Crippen molar-refractivity contribution in [2.75, 3.05) is 19.8 Å². The van der Waals surface area contributed by atoms with Crippen molar-refractivity contribution in [3.05, 3.63) is 0 Å². The molecule has 0 radical (unpaired) electrons. The predicted molar refractivity (Wildman–Crippen MR) is 166 cm³/mol. The van der Waals surface area contributed by atoms with Gasteiger partial charge in [0, 0.05) is 93.1 Å². The molecule has 0 aliphatic heterocycles. The summed E-state index contributed by atoms with van der Waals surface area (Å²) < 4.78 is 16.5. The summed E-state index contributed by atoms with van der Waals surface area (Å²) in [5.74, 6) is -3.22. The third-order valence-corrected chi connectivity index (χ3v) is 7.16. The normalized spacial score (nSPS) is 14.4. The van der Waals surface area contributed by atoms with Crippen LogP contribution in [0.3, 0.4) is 0 Å². The number of hydrogen-bond donors (Lipinski definition) is 3. The van der Waals surface area contributed by atoms with Crippen molar-refractivity contribution in [2.45, 2.75) is 163 Å². The zero-order valence-electron chi connectivity index (χ0n) is 30.7. The van der Waals surface area contributed by atoms with E-state index in [1.165, 1.54) is 0 Å². The number of aliphatic hydroxyl groups is 3. The van der Waals surface area contributed by atoms with Crippen molar-refractivity contribution < 1.29 is 70.4 Å². The minimum Gasteiger partial charge on any atom is -0.365 e. The average molecular weight is 709 g/mol. The molecular formula is C33H72NdO6. The molecule has 0 rings (SSSR count). The van der Waals surface area contributed by atoms with Crippen LogP contribution in [0, 0.1) is 73.3 Å². The second-order valence-electron chi connectivity index (χ2n) is 16.7. The Morgan fingerprint density at radius 2 is 0.425 bits per heavy atom. The first-order valence-corrected chi connectivity index (χ1v) is 14.8. The second kappa shape index (κ2) is 16.4. The molecule has 0 saturated carbocycles. The summed E-state index contributed by atoms with van der Waals surface area (Å²) in [7, 11) is 0. The van der Waals surface area contributed by atoms with Gasteiger partial charge in [-0.2, -0.15) is 0 Å². The maximum Gasteiger partial charge on any atom is 0.175 e. The molecule has 7 heteroatoms. The van der Waals surface area contributed by atoms with Gasteiger partial charge in [0.05, 0.1) is 0 Å². The Labute approximate surface area is 283 Å². The molecule has 0 aliphatic carbocycles. The molecule has 0 aromatic carbocycles. The van der Waals surface area contributed by atoms with E-state index in [4.69, 9.17) is 14.2 Å². The zero-order chi connectivity index (χ0) is 32.7. The average Bonchev–Trinajstić information content (AvgIpc) is 2.64. The Morgan fingerprint density at radius 1 is 0.325 bits per heavy atom. The van der Waals surface area contributed by atoms with E-state index in [1.54, 1.807) is 0 Å². The molecule has 0 fully saturated rings. The predicted octanol–water partition coefficient (Wildman–Crippen LogP) is 8.41. The Balaban J connectivity index is -0.000000240. The molecule has 40 heavy (non-hydrogen) atoms. The summed E-state index contributed by atoms with van der Waals surface area (Å²) in [6.07, 6.45) is 0. The molecule has 0 bridgehead atoms.